The number of aromatic nitrogens is 2. The first-order valence-corrected chi connectivity index (χ1v) is 10.2. The van der Waals surface area contributed by atoms with Crippen molar-refractivity contribution in [3.05, 3.63) is 66.2 Å². The van der Waals surface area contributed by atoms with E-state index in [-0.39, 0.29) is 5.75 Å². The highest BCUT2D eigenvalue weighted by Gasteiger charge is 2.11. The number of benzene rings is 1. The summed E-state index contributed by atoms with van der Waals surface area (Å²) in [5.41, 5.74) is 1.99. The molecule has 0 radical (unpaired) electrons. The van der Waals surface area contributed by atoms with E-state index in [0.717, 1.165) is 29.1 Å². The highest BCUT2D eigenvalue weighted by molar-refractivity contribution is 7.89. The standard InChI is InChI=1S/C19H23N3O3S/c1-25-18-8-4-6-16(14-18)10-13-26(23,24)21-11-5-9-19-20-15-17-7-2-3-12-22(17)19/h2-4,6-8,12,14-15,21H,5,9-11,13H2,1H3. The lowest BCUT2D eigenvalue weighted by atomic mass is 10.2. The van der Waals surface area contributed by atoms with Crippen molar-refractivity contribution < 1.29 is 13.2 Å². The van der Waals surface area contributed by atoms with E-state index in [1.54, 1.807) is 7.11 Å². The summed E-state index contributed by atoms with van der Waals surface area (Å²) in [5, 5.41) is 0. The van der Waals surface area contributed by atoms with E-state index < -0.39 is 10.0 Å². The zero-order valence-electron chi connectivity index (χ0n) is 14.8. The summed E-state index contributed by atoms with van der Waals surface area (Å²) >= 11 is 0. The quantitative estimate of drug-likeness (QED) is 0.585. The highest BCUT2D eigenvalue weighted by atomic mass is 32.2. The lowest BCUT2D eigenvalue weighted by molar-refractivity contribution is 0.414. The summed E-state index contributed by atoms with van der Waals surface area (Å²) in [6.07, 6.45) is 5.67. The Morgan fingerprint density at radius 1 is 1.15 bits per heavy atom. The normalized spacial score (nSPS) is 11.7. The topological polar surface area (TPSA) is 72.7 Å². The average Bonchev–Trinajstić information content (AvgIpc) is 3.07. The van der Waals surface area contributed by atoms with Crippen molar-refractivity contribution >= 4 is 15.5 Å². The largest absolute Gasteiger partial charge is 0.497 e. The van der Waals surface area contributed by atoms with E-state index in [0.29, 0.717) is 19.4 Å². The molecule has 0 saturated carbocycles. The minimum atomic E-state index is -3.30. The number of rotatable bonds is 9. The number of hydrogen-bond donors (Lipinski definition) is 1. The van der Waals surface area contributed by atoms with Gasteiger partial charge < -0.3 is 9.14 Å². The second kappa shape index (κ2) is 8.33. The zero-order chi connectivity index (χ0) is 18.4. The Morgan fingerprint density at radius 3 is 2.88 bits per heavy atom. The summed E-state index contributed by atoms with van der Waals surface area (Å²) < 4.78 is 34.2. The maximum Gasteiger partial charge on any atom is 0.211 e. The van der Waals surface area contributed by atoms with Gasteiger partial charge in [0.05, 0.1) is 24.6 Å². The molecule has 0 saturated heterocycles. The fourth-order valence-electron chi connectivity index (χ4n) is 2.81. The molecule has 0 amide bonds. The van der Waals surface area contributed by atoms with Gasteiger partial charge in [-0.15, -0.1) is 0 Å². The molecule has 0 aliphatic heterocycles. The van der Waals surface area contributed by atoms with Gasteiger partial charge in [-0.2, -0.15) is 0 Å². The van der Waals surface area contributed by atoms with E-state index in [9.17, 15) is 8.42 Å². The molecule has 1 aromatic carbocycles. The van der Waals surface area contributed by atoms with Gasteiger partial charge in [-0.05, 0) is 42.7 Å². The van der Waals surface area contributed by atoms with Crippen molar-refractivity contribution in [1.82, 2.24) is 14.1 Å². The maximum absolute atomic E-state index is 12.2. The third-order valence-corrected chi connectivity index (χ3v) is 5.59. The molecule has 0 atom stereocenters. The molecule has 0 unspecified atom stereocenters. The van der Waals surface area contributed by atoms with Crippen molar-refractivity contribution in [2.75, 3.05) is 19.4 Å². The monoisotopic (exact) mass is 373 g/mol. The first-order valence-electron chi connectivity index (χ1n) is 8.59. The Hall–Kier alpha value is -2.38. The van der Waals surface area contributed by atoms with Gasteiger partial charge in [0.25, 0.3) is 0 Å². The van der Waals surface area contributed by atoms with Gasteiger partial charge in [-0.25, -0.2) is 18.1 Å². The van der Waals surface area contributed by atoms with E-state index in [2.05, 4.69) is 9.71 Å². The van der Waals surface area contributed by atoms with Gasteiger partial charge in [0, 0.05) is 19.2 Å². The molecule has 0 fully saturated rings. The molecule has 0 aliphatic rings. The van der Waals surface area contributed by atoms with Crippen LogP contribution in [0.15, 0.2) is 54.9 Å². The first kappa shape index (κ1) is 18.4. The lowest BCUT2D eigenvalue weighted by Gasteiger charge is -2.08. The second-order valence-corrected chi connectivity index (χ2v) is 8.01. The molecule has 2 aromatic heterocycles. The number of imidazole rings is 1. The van der Waals surface area contributed by atoms with Crippen molar-refractivity contribution in [2.45, 2.75) is 19.3 Å². The van der Waals surface area contributed by atoms with Crippen LogP contribution in [0.25, 0.3) is 5.52 Å². The summed E-state index contributed by atoms with van der Waals surface area (Å²) in [6, 6.07) is 13.4. The molecule has 6 nitrogen and oxygen atoms in total. The summed E-state index contributed by atoms with van der Waals surface area (Å²) in [6.45, 7) is 0.405. The molecule has 0 aliphatic carbocycles. The first-order chi connectivity index (χ1) is 12.6. The number of fused-ring (bicyclic) bond motifs is 1. The molecule has 0 bridgehead atoms. The Kier molecular flexibility index (Phi) is 5.90. The van der Waals surface area contributed by atoms with Crippen LogP contribution in [-0.2, 0) is 22.9 Å². The molecule has 3 aromatic rings. The third-order valence-electron chi connectivity index (χ3n) is 4.21. The van der Waals surface area contributed by atoms with Crippen LogP contribution in [0.4, 0.5) is 0 Å². The van der Waals surface area contributed by atoms with Crippen LogP contribution in [0.5, 0.6) is 5.75 Å². The van der Waals surface area contributed by atoms with E-state index >= 15 is 0 Å². The third kappa shape index (κ3) is 4.83. The smallest absolute Gasteiger partial charge is 0.211 e. The molecule has 7 heteroatoms. The summed E-state index contributed by atoms with van der Waals surface area (Å²) in [7, 11) is -1.70. The Bertz CT molecular complexity index is 967. The van der Waals surface area contributed by atoms with Gasteiger partial charge in [-0.1, -0.05) is 18.2 Å². The van der Waals surface area contributed by atoms with Crippen LogP contribution >= 0.6 is 0 Å². The van der Waals surface area contributed by atoms with Crippen LogP contribution in [-0.4, -0.2) is 37.2 Å². The Labute approximate surface area is 153 Å². The van der Waals surface area contributed by atoms with Crippen molar-refractivity contribution in [2.24, 2.45) is 0 Å². The van der Waals surface area contributed by atoms with Crippen LogP contribution in [0.1, 0.15) is 17.8 Å². The number of hydrogen-bond acceptors (Lipinski definition) is 4. The molecule has 138 valence electrons. The van der Waals surface area contributed by atoms with E-state index in [1.165, 1.54) is 0 Å². The van der Waals surface area contributed by atoms with Crippen molar-refractivity contribution in [1.29, 1.82) is 0 Å². The predicted octanol–water partition coefficient (Wildman–Crippen LogP) is 2.44. The summed E-state index contributed by atoms with van der Waals surface area (Å²) in [4.78, 5) is 4.40. The van der Waals surface area contributed by atoms with Gasteiger partial charge in [-0.3, -0.25) is 0 Å². The number of sulfonamides is 1. The number of methoxy groups -OCH3 is 1. The van der Waals surface area contributed by atoms with Gasteiger partial charge in [0.1, 0.15) is 11.6 Å². The fourth-order valence-corrected chi connectivity index (χ4v) is 3.92. The highest BCUT2D eigenvalue weighted by Crippen LogP contribution is 2.13. The van der Waals surface area contributed by atoms with Gasteiger partial charge in [0.2, 0.25) is 10.0 Å². The number of aryl methyl sites for hydroxylation is 2. The van der Waals surface area contributed by atoms with E-state index in [4.69, 9.17) is 4.74 Å². The molecule has 1 N–H and O–H groups in total. The molecule has 3 rings (SSSR count). The number of nitrogens with one attached hydrogen (secondary N) is 1. The minimum absolute atomic E-state index is 0.0620. The summed E-state index contributed by atoms with van der Waals surface area (Å²) in [5.74, 6) is 1.74. The molecular formula is C19H23N3O3S. The fraction of sp³-hybridized carbons (Fsp3) is 0.316. The average molecular weight is 373 g/mol. The Morgan fingerprint density at radius 2 is 2.04 bits per heavy atom. The van der Waals surface area contributed by atoms with Gasteiger partial charge >= 0.3 is 0 Å². The van der Waals surface area contributed by atoms with Crippen LogP contribution in [0.2, 0.25) is 0 Å². The maximum atomic E-state index is 12.2. The second-order valence-electron chi connectivity index (χ2n) is 6.09. The van der Waals surface area contributed by atoms with Crippen LogP contribution in [0.3, 0.4) is 0 Å². The van der Waals surface area contributed by atoms with Gasteiger partial charge in [0.15, 0.2) is 0 Å². The van der Waals surface area contributed by atoms with Crippen LogP contribution < -0.4 is 9.46 Å². The molecule has 2 heterocycles. The zero-order valence-corrected chi connectivity index (χ0v) is 15.6. The number of ether oxygens (including phenoxy) is 1. The SMILES string of the molecule is COc1cccc(CCS(=O)(=O)NCCCc2ncc3ccccn23)c1. The van der Waals surface area contributed by atoms with Crippen LogP contribution in [0, 0.1) is 0 Å². The molecular weight excluding hydrogens is 350 g/mol. The Balaban J connectivity index is 1.46. The number of nitrogens with zero attached hydrogens (tertiary/aromatic N) is 2. The lowest BCUT2D eigenvalue weighted by Crippen LogP contribution is -2.28. The minimum Gasteiger partial charge on any atom is -0.497 e. The molecule has 0 spiro atoms. The van der Waals surface area contributed by atoms with E-state index in [1.807, 2.05) is 59.3 Å². The predicted molar refractivity (Wildman–Crippen MR) is 102 cm³/mol. The van der Waals surface area contributed by atoms with Crippen molar-refractivity contribution in [3.8, 4) is 5.75 Å². The molecule has 26 heavy (non-hydrogen) atoms. The van der Waals surface area contributed by atoms with Crippen molar-refractivity contribution in [3.63, 3.8) is 0 Å². The number of pyridine rings is 1.